The van der Waals surface area contributed by atoms with E-state index in [1.165, 1.54) is 12.8 Å². The zero-order valence-corrected chi connectivity index (χ0v) is 15.8. The second-order valence-corrected chi connectivity index (χ2v) is 7.41. The van der Waals surface area contributed by atoms with E-state index in [0.29, 0.717) is 31.0 Å². The van der Waals surface area contributed by atoms with E-state index in [0.717, 1.165) is 30.5 Å². The van der Waals surface area contributed by atoms with Crippen LogP contribution in [0.3, 0.4) is 0 Å². The Hall–Kier alpha value is -1.85. The van der Waals surface area contributed by atoms with Gasteiger partial charge in [0, 0.05) is 31.2 Å². The molecule has 2 atom stereocenters. The third-order valence-electron chi connectivity index (χ3n) is 5.44. The van der Waals surface area contributed by atoms with E-state index in [4.69, 9.17) is 0 Å². The van der Waals surface area contributed by atoms with Crippen molar-refractivity contribution in [3.63, 3.8) is 0 Å². The molecule has 4 rings (SSSR count). The number of para-hydroxylation sites is 1. The number of halogens is 1. The molecular formula is C20H27ClN4O. The van der Waals surface area contributed by atoms with Crippen molar-refractivity contribution in [3.05, 3.63) is 48.3 Å². The quantitative estimate of drug-likeness (QED) is 0.817. The van der Waals surface area contributed by atoms with Crippen LogP contribution < -0.4 is 10.6 Å². The number of hydrogen-bond acceptors (Lipinski definition) is 3. The number of rotatable bonds is 6. The molecular weight excluding hydrogens is 348 g/mol. The fourth-order valence-corrected chi connectivity index (χ4v) is 4.23. The van der Waals surface area contributed by atoms with Gasteiger partial charge < -0.3 is 10.6 Å². The number of piperidine rings is 1. The molecule has 2 aromatic rings. The summed E-state index contributed by atoms with van der Waals surface area (Å²) in [6.45, 7) is 0.678. The molecule has 0 saturated carbocycles. The highest BCUT2D eigenvalue weighted by molar-refractivity contribution is 5.85. The van der Waals surface area contributed by atoms with Crippen molar-refractivity contribution in [3.8, 4) is 5.69 Å². The maximum atomic E-state index is 12.2. The van der Waals surface area contributed by atoms with Crippen LogP contribution in [0.5, 0.6) is 0 Å². The summed E-state index contributed by atoms with van der Waals surface area (Å²) in [7, 11) is 0. The van der Waals surface area contributed by atoms with Crippen molar-refractivity contribution >= 4 is 18.3 Å². The van der Waals surface area contributed by atoms with Crippen molar-refractivity contribution in [2.24, 2.45) is 5.92 Å². The van der Waals surface area contributed by atoms with Crippen LogP contribution in [-0.4, -0.2) is 34.3 Å². The minimum absolute atomic E-state index is 0. The summed E-state index contributed by atoms with van der Waals surface area (Å²) in [5.74, 6) is 0.751. The lowest BCUT2D eigenvalue weighted by molar-refractivity contribution is -0.122. The number of hydrogen-bond donors (Lipinski definition) is 2. The van der Waals surface area contributed by atoms with Gasteiger partial charge in [0.2, 0.25) is 5.91 Å². The monoisotopic (exact) mass is 374 g/mol. The normalized spacial score (nSPS) is 24.1. The molecule has 2 unspecified atom stereocenters. The predicted octanol–water partition coefficient (Wildman–Crippen LogP) is 2.87. The topological polar surface area (TPSA) is 59.0 Å². The Bertz CT molecular complexity index is 706. The Balaban J connectivity index is 0.00000196. The summed E-state index contributed by atoms with van der Waals surface area (Å²) in [4.78, 5) is 12.2. The average molecular weight is 375 g/mol. The van der Waals surface area contributed by atoms with Crippen LogP contribution in [-0.2, 0) is 11.2 Å². The Labute approximate surface area is 161 Å². The molecule has 2 aliphatic rings. The van der Waals surface area contributed by atoms with E-state index in [-0.39, 0.29) is 18.3 Å². The Kier molecular flexibility index (Phi) is 6.33. The third kappa shape index (κ3) is 4.65. The average Bonchev–Trinajstić information content (AvgIpc) is 3.22. The van der Waals surface area contributed by atoms with Crippen LogP contribution in [0.2, 0.25) is 0 Å². The summed E-state index contributed by atoms with van der Waals surface area (Å²) in [5, 5.41) is 11.1. The molecule has 5 nitrogen and oxygen atoms in total. The first kappa shape index (κ1) is 18.9. The molecule has 140 valence electrons. The van der Waals surface area contributed by atoms with Gasteiger partial charge in [-0.05, 0) is 55.7 Å². The zero-order chi connectivity index (χ0) is 17.1. The van der Waals surface area contributed by atoms with E-state index >= 15 is 0 Å². The summed E-state index contributed by atoms with van der Waals surface area (Å²) in [6.07, 6.45) is 10.3. The highest BCUT2D eigenvalue weighted by atomic mass is 35.5. The van der Waals surface area contributed by atoms with Crippen molar-refractivity contribution in [1.82, 2.24) is 20.4 Å². The Morgan fingerprint density at radius 2 is 1.92 bits per heavy atom. The first-order chi connectivity index (χ1) is 12.3. The Morgan fingerprint density at radius 3 is 2.65 bits per heavy atom. The fraction of sp³-hybridized carbons (Fsp3) is 0.500. The predicted molar refractivity (Wildman–Crippen MR) is 105 cm³/mol. The van der Waals surface area contributed by atoms with Crippen LogP contribution >= 0.6 is 12.4 Å². The second-order valence-electron chi connectivity index (χ2n) is 7.41. The number of aromatic nitrogens is 2. The number of fused-ring (bicyclic) bond motifs is 2. The lowest BCUT2D eigenvalue weighted by Gasteiger charge is -2.28. The van der Waals surface area contributed by atoms with Gasteiger partial charge in [-0.25, -0.2) is 4.68 Å². The molecule has 0 radical (unpaired) electrons. The van der Waals surface area contributed by atoms with Crippen molar-refractivity contribution in [2.75, 3.05) is 6.54 Å². The lowest BCUT2D eigenvalue weighted by atomic mass is 9.89. The number of nitrogens with one attached hydrogen (secondary N) is 2. The first-order valence-electron chi connectivity index (χ1n) is 9.38. The molecule has 1 aromatic carbocycles. The number of carbonyl (C=O) groups is 1. The summed E-state index contributed by atoms with van der Waals surface area (Å²) >= 11 is 0. The highest BCUT2D eigenvalue weighted by Crippen LogP contribution is 2.32. The van der Waals surface area contributed by atoms with E-state index in [1.54, 1.807) is 0 Å². The van der Waals surface area contributed by atoms with Crippen molar-refractivity contribution in [1.29, 1.82) is 0 Å². The van der Waals surface area contributed by atoms with Gasteiger partial charge in [-0.2, -0.15) is 5.10 Å². The van der Waals surface area contributed by atoms with Crippen LogP contribution in [0.25, 0.3) is 5.69 Å². The molecule has 2 aliphatic heterocycles. The molecule has 2 N–H and O–H groups in total. The minimum Gasteiger partial charge on any atom is -0.356 e. The molecule has 1 aromatic heterocycles. The number of benzene rings is 1. The summed E-state index contributed by atoms with van der Waals surface area (Å²) in [6, 6.07) is 11.4. The fourth-order valence-electron chi connectivity index (χ4n) is 4.23. The highest BCUT2D eigenvalue weighted by Gasteiger charge is 2.34. The van der Waals surface area contributed by atoms with E-state index in [1.807, 2.05) is 47.4 Å². The minimum atomic E-state index is 0. The smallest absolute Gasteiger partial charge is 0.220 e. The number of carbonyl (C=O) groups excluding carboxylic acids is 1. The second kappa shape index (κ2) is 8.69. The van der Waals surface area contributed by atoms with Gasteiger partial charge in [-0.15, -0.1) is 12.4 Å². The molecule has 6 heteroatoms. The number of amides is 1. The standard InChI is InChI=1S/C20H26N4O.ClH/c25-20(12-16-10-17-6-7-18(11-16)23-17)21-9-8-15-13-22-24(14-15)19-4-2-1-3-5-19;/h1-5,13-14,16-18,23H,6-12H2,(H,21,25);1H. The molecule has 2 fully saturated rings. The zero-order valence-electron chi connectivity index (χ0n) is 14.9. The van der Waals surface area contributed by atoms with Gasteiger partial charge in [0.15, 0.2) is 0 Å². The third-order valence-corrected chi connectivity index (χ3v) is 5.44. The van der Waals surface area contributed by atoms with Crippen molar-refractivity contribution < 1.29 is 4.79 Å². The Morgan fingerprint density at radius 1 is 1.19 bits per heavy atom. The number of nitrogens with zero attached hydrogens (tertiary/aromatic N) is 2. The molecule has 0 spiro atoms. The van der Waals surface area contributed by atoms with E-state index in [9.17, 15) is 4.79 Å². The first-order valence-corrected chi connectivity index (χ1v) is 9.38. The van der Waals surface area contributed by atoms with Gasteiger partial charge in [0.25, 0.3) is 0 Å². The molecule has 26 heavy (non-hydrogen) atoms. The maximum Gasteiger partial charge on any atom is 0.220 e. The molecule has 3 heterocycles. The van der Waals surface area contributed by atoms with Crippen LogP contribution in [0.15, 0.2) is 42.7 Å². The van der Waals surface area contributed by atoms with Gasteiger partial charge >= 0.3 is 0 Å². The SMILES string of the molecule is Cl.O=C(CC1CC2CCC(C1)N2)NCCc1cnn(-c2ccccc2)c1. The largest absolute Gasteiger partial charge is 0.356 e. The summed E-state index contributed by atoms with van der Waals surface area (Å²) in [5.41, 5.74) is 2.20. The van der Waals surface area contributed by atoms with Gasteiger partial charge in [-0.1, -0.05) is 18.2 Å². The van der Waals surface area contributed by atoms with E-state index in [2.05, 4.69) is 15.7 Å². The molecule has 1 amide bonds. The van der Waals surface area contributed by atoms with Gasteiger partial charge in [-0.3, -0.25) is 4.79 Å². The van der Waals surface area contributed by atoms with Crippen LogP contribution in [0.4, 0.5) is 0 Å². The van der Waals surface area contributed by atoms with Crippen LogP contribution in [0, 0.1) is 5.92 Å². The van der Waals surface area contributed by atoms with E-state index < -0.39 is 0 Å². The van der Waals surface area contributed by atoms with Gasteiger partial charge in [0.05, 0.1) is 11.9 Å². The van der Waals surface area contributed by atoms with Crippen molar-refractivity contribution in [2.45, 2.75) is 50.6 Å². The lowest BCUT2D eigenvalue weighted by Crippen LogP contribution is -2.39. The molecule has 0 aliphatic carbocycles. The molecule has 2 saturated heterocycles. The summed E-state index contributed by atoms with van der Waals surface area (Å²) < 4.78 is 1.88. The van der Waals surface area contributed by atoms with Crippen LogP contribution in [0.1, 0.15) is 37.7 Å². The van der Waals surface area contributed by atoms with Gasteiger partial charge in [0.1, 0.15) is 0 Å². The molecule has 2 bridgehead atoms. The maximum absolute atomic E-state index is 12.2.